The quantitative estimate of drug-likeness (QED) is 0.0222. The number of carbonyl (C=O) groups excluding carboxylic acids is 4. The molecule has 0 saturated heterocycles. The lowest BCUT2D eigenvalue weighted by molar-refractivity contribution is -0.161. The summed E-state index contributed by atoms with van der Waals surface area (Å²) in [7, 11) is -9.92. The molecule has 0 aliphatic carbocycles. The number of esters is 4. The second kappa shape index (κ2) is 74.2. The molecule has 0 spiro atoms. The van der Waals surface area contributed by atoms with Gasteiger partial charge in [-0.15, -0.1) is 0 Å². The van der Waals surface area contributed by atoms with E-state index in [0.717, 1.165) is 108 Å². The van der Waals surface area contributed by atoms with Gasteiger partial charge in [0.25, 0.3) is 0 Å². The molecular formula is C84H164O17P2. The SMILES string of the molecule is CCCCCCCCCCCCCCCCCCCCCCCC(=O)O[C@H](COC(=O)CCCCCCCCCCCCCCCCCCC(C)C)COP(=O)(O)OC[C@@H](O)COP(=O)(O)OC[C@@H](COC(=O)CCCCCCCCCC(C)C)OC(=O)CCCCCCCCCCCCC(C)C. The molecule has 3 N–H and O–H groups in total. The monoisotopic (exact) mass is 1510 g/mol. The Morgan fingerprint density at radius 2 is 0.447 bits per heavy atom. The molecule has 0 amide bonds. The molecular weight excluding hydrogens is 1340 g/mol. The number of rotatable bonds is 82. The normalized spacial score (nSPS) is 13.9. The van der Waals surface area contributed by atoms with Crippen molar-refractivity contribution in [2.45, 2.75) is 458 Å². The zero-order chi connectivity index (χ0) is 75.8. The van der Waals surface area contributed by atoms with Gasteiger partial charge in [-0.2, -0.15) is 0 Å². The molecule has 2 unspecified atom stereocenters. The third-order valence-electron chi connectivity index (χ3n) is 19.6. The largest absolute Gasteiger partial charge is 0.472 e. The molecule has 0 saturated carbocycles. The van der Waals surface area contributed by atoms with Crippen LogP contribution in [-0.2, 0) is 65.4 Å². The molecule has 0 aromatic heterocycles. The lowest BCUT2D eigenvalue weighted by Gasteiger charge is -2.21. The number of hydrogen-bond acceptors (Lipinski definition) is 15. The lowest BCUT2D eigenvalue weighted by Crippen LogP contribution is -2.30. The third kappa shape index (κ3) is 78.0. The van der Waals surface area contributed by atoms with Gasteiger partial charge < -0.3 is 33.8 Å². The van der Waals surface area contributed by atoms with Crippen molar-refractivity contribution in [3.63, 3.8) is 0 Å². The van der Waals surface area contributed by atoms with Crippen LogP contribution in [0.25, 0.3) is 0 Å². The maximum atomic E-state index is 13.1. The number of carbonyl (C=O) groups is 4. The second-order valence-corrected chi connectivity index (χ2v) is 34.6. The number of phosphoric ester groups is 2. The molecule has 0 radical (unpaired) electrons. The highest BCUT2D eigenvalue weighted by Gasteiger charge is 2.30. The Morgan fingerprint density at radius 3 is 0.660 bits per heavy atom. The maximum Gasteiger partial charge on any atom is 0.472 e. The highest BCUT2D eigenvalue weighted by Crippen LogP contribution is 2.45. The van der Waals surface area contributed by atoms with Gasteiger partial charge in [0.05, 0.1) is 26.4 Å². The molecule has 612 valence electrons. The highest BCUT2D eigenvalue weighted by molar-refractivity contribution is 7.47. The Bertz CT molecular complexity index is 1990. The molecule has 103 heavy (non-hydrogen) atoms. The molecule has 0 aromatic rings. The number of ether oxygens (including phenoxy) is 4. The van der Waals surface area contributed by atoms with Crippen LogP contribution >= 0.6 is 15.6 Å². The minimum Gasteiger partial charge on any atom is -0.462 e. The predicted octanol–water partition coefficient (Wildman–Crippen LogP) is 25.3. The first-order valence-corrected chi connectivity index (χ1v) is 46.3. The summed E-state index contributed by atoms with van der Waals surface area (Å²) in [6.45, 7) is 11.9. The smallest absolute Gasteiger partial charge is 0.462 e. The van der Waals surface area contributed by atoms with Gasteiger partial charge in [0.1, 0.15) is 19.3 Å². The van der Waals surface area contributed by atoms with Crippen LogP contribution in [0.5, 0.6) is 0 Å². The molecule has 0 bridgehead atoms. The summed E-state index contributed by atoms with van der Waals surface area (Å²) in [6, 6.07) is 0. The number of phosphoric acid groups is 2. The molecule has 0 rings (SSSR count). The van der Waals surface area contributed by atoms with Gasteiger partial charge in [-0.05, 0) is 43.4 Å². The zero-order valence-electron chi connectivity index (χ0n) is 67.8. The molecule has 0 aromatic carbocycles. The second-order valence-electron chi connectivity index (χ2n) is 31.6. The number of aliphatic hydroxyl groups is 1. The van der Waals surface area contributed by atoms with Gasteiger partial charge >= 0.3 is 39.5 Å². The van der Waals surface area contributed by atoms with E-state index in [1.165, 1.54) is 244 Å². The van der Waals surface area contributed by atoms with Crippen molar-refractivity contribution in [3.05, 3.63) is 0 Å². The predicted molar refractivity (Wildman–Crippen MR) is 423 cm³/mol. The number of aliphatic hydroxyl groups excluding tert-OH is 1. The summed E-state index contributed by atoms with van der Waals surface area (Å²) in [5.41, 5.74) is 0. The van der Waals surface area contributed by atoms with Crippen molar-refractivity contribution in [1.82, 2.24) is 0 Å². The van der Waals surface area contributed by atoms with E-state index in [9.17, 15) is 43.2 Å². The van der Waals surface area contributed by atoms with Crippen LogP contribution in [-0.4, -0.2) is 96.7 Å². The molecule has 19 heteroatoms. The average Bonchev–Trinajstić information content (AvgIpc) is 0.915. The van der Waals surface area contributed by atoms with Crippen LogP contribution in [0.15, 0.2) is 0 Å². The van der Waals surface area contributed by atoms with E-state index in [-0.39, 0.29) is 25.7 Å². The van der Waals surface area contributed by atoms with Crippen LogP contribution in [0.3, 0.4) is 0 Å². The van der Waals surface area contributed by atoms with Crippen LogP contribution in [0.4, 0.5) is 0 Å². The van der Waals surface area contributed by atoms with Crippen LogP contribution in [0, 0.1) is 17.8 Å². The van der Waals surface area contributed by atoms with E-state index < -0.39 is 97.5 Å². The van der Waals surface area contributed by atoms with Gasteiger partial charge in [0.15, 0.2) is 12.2 Å². The standard InChI is InChI=1S/C84H164O17P2/c1-8-9-10-11-12-13-14-15-16-17-18-19-20-21-26-29-32-38-45-53-60-67-83(88)100-79(71-94-81(86)65-58-51-44-37-31-28-25-23-22-24-27-30-35-41-48-55-62-75(2)3)73-98-102(90,91)96-69-78(85)70-97-103(92,93)99-74-80(72-95-82(87)66-59-52-47-40-43-50-57-64-77(6)7)101-84(89)68-61-54-46-39-34-33-36-42-49-56-63-76(4)5/h75-80,85H,8-74H2,1-7H3,(H,90,91)(H,92,93)/t78-,79-,80-/m1/s1. The minimum atomic E-state index is -4.96. The molecule has 5 atom stereocenters. The first kappa shape index (κ1) is 101. The Hall–Kier alpha value is -1.94. The van der Waals surface area contributed by atoms with Gasteiger partial charge in [-0.3, -0.25) is 37.3 Å². The maximum absolute atomic E-state index is 13.1. The van der Waals surface area contributed by atoms with Gasteiger partial charge in [0.2, 0.25) is 0 Å². The lowest BCUT2D eigenvalue weighted by atomic mass is 10.0. The molecule has 0 aliphatic rings. The van der Waals surface area contributed by atoms with E-state index in [4.69, 9.17) is 37.0 Å². The van der Waals surface area contributed by atoms with E-state index in [2.05, 4.69) is 48.5 Å². The Kier molecular flexibility index (Phi) is 72.8. The van der Waals surface area contributed by atoms with Crippen LogP contribution in [0.1, 0.15) is 440 Å². The summed E-state index contributed by atoms with van der Waals surface area (Å²) >= 11 is 0. The Labute approximate surface area is 632 Å². The molecule has 0 heterocycles. The molecule has 0 aliphatic heterocycles. The summed E-state index contributed by atoms with van der Waals surface area (Å²) in [6.07, 6.45) is 64.1. The fourth-order valence-electron chi connectivity index (χ4n) is 13.0. The van der Waals surface area contributed by atoms with E-state index >= 15 is 0 Å². The first-order valence-electron chi connectivity index (χ1n) is 43.3. The summed E-state index contributed by atoms with van der Waals surface area (Å²) < 4.78 is 68.8. The topological polar surface area (TPSA) is 237 Å². The number of hydrogen-bond donors (Lipinski definition) is 3. The first-order chi connectivity index (χ1) is 49.7. The summed E-state index contributed by atoms with van der Waals surface area (Å²) in [5.74, 6) is 0.160. The number of unbranched alkanes of at least 4 members (excludes halogenated alkanes) is 50. The third-order valence-corrected chi connectivity index (χ3v) is 21.5. The van der Waals surface area contributed by atoms with Gasteiger partial charge in [-0.25, -0.2) is 9.13 Å². The zero-order valence-corrected chi connectivity index (χ0v) is 69.6. The van der Waals surface area contributed by atoms with Gasteiger partial charge in [-0.1, -0.05) is 389 Å². The van der Waals surface area contributed by atoms with E-state index in [1.807, 2.05) is 0 Å². The van der Waals surface area contributed by atoms with E-state index in [1.54, 1.807) is 0 Å². The van der Waals surface area contributed by atoms with Crippen molar-refractivity contribution in [1.29, 1.82) is 0 Å². The van der Waals surface area contributed by atoms with Gasteiger partial charge in [0, 0.05) is 25.7 Å². The van der Waals surface area contributed by atoms with Crippen molar-refractivity contribution in [2.75, 3.05) is 39.6 Å². The van der Waals surface area contributed by atoms with Crippen molar-refractivity contribution in [3.8, 4) is 0 Å². The Morgan fingerprint density at radius 1 is 0.262 bits per heavy atom. The van der Waals surface area contributed by atoms with Crippen molar-refractivity contribution in [2.24, 2.45) is 17.8 Å². The highest BCUT2D eigenvalue weighted by atomic mass is 31.2. The van der Waals surface area contributed by atoms with E-state index in [0.29, 0.717) is 31.6 Å². The van der Waals surface area contributed by atoms with Crippen molar-refractivity contribution < 1.29 is 80.2 Å². The Balaban J connectivity index is 5.22. The average molecular weight is 1510 g/mol. The van der Waals surface area contributed by atoms with Crippen molar-refractivity contribution >= 4 is 39.5 Å². The summed E-state index contributed by atoms with van der Waals surface area (Å²) in [4.78, 5) is 73.1. The van der Waals surface area contributed by atoms with Crippen LogP contribution < -0.4 is 0 Å². The molecule has 17 nitrogen and oxygen atoms in total. The summed E-state index contributed by atoms with van der Waals surface area (Å²) in [5, 5.41) is 10.7. The fraction of sp³-hybridized carbons (Fsp3) is 0.952. The molecule has 0 fully saturated rings. The fourth-order valence-corrected chi connectivity index (χ4v) is 14.6. The van der Waals surface area contributed by atoms with Crippen LogP contribution in [0.2, 0.25) is 0 Å². The minimum absolute atomic E-state index is 0.105.